The fourth-order valence-electron chi connectivity index (χ4n) is 7.89. The molecule has 1 saturated heterocycles. The summed E-state index contributed by atoms with van der Waals surface area (Å²) in [5, 5.41) is 3.48. The van der Waals surface area contributed by atoms with E-state index in [9.17, 15) is 9.59 Å². The topological polar surface area (TPSA) is 55.9 Å². The molecule has 2 rings (SSSR count). The maximum absolute atomic E-state index is 14.1. The molecule has 6 nitrogen and oxygen atoms in total. The van der Waals surface area contributed by atoms with Crippen LogP contribution in [0.1, 0.15) is 200 Å². The standard InChI is InChI=1S/C44H84N4O2/c1-4-6-8-10-12-14-16-17-18-20-22-24-30-34-43(49)48(40-39-47-37-35-46(3)36-38-47)42(44(50)45-41-31-27-25-26-28-32-41)33-29-23-21-19-15-13-11-9-7-5-2/h14,16,41-42H,4-13,15,17-40H2,1-3H3,(H,45,50)/b16-14-. The van der Waals surface area contributed by atoms with E-state index in [1.165, 1.54) is 135 Å². The van der Waals surface area contributed by atoms with E-state index in [4.69, 9.17) is 0 Å². The Bertz CT molecular complexity index is 832. The third-order valence-electron chi connectivity index (χ3n) is 11.4. The van der Waals surface area contributed by atoms with Crippen molar-refractivity contribution in [3.05, 3.63) is 12.2 Å². The number of nitrogens with one attached hydrogen (secondary N) is 1. The van der Waals surface area contributed by atoms with Crippen LogP contribution in [0.3, 0.4) is 0 Å². The summed E-state index contributed by atoms with van der Waals surface area (Å²) in [6.07, 6.45) is 39.6. The molecule has 0 aromatic carbocycles. The van der Waals surface area contributed by atoms with Gasteiger partial charge in [0.1, 0.15) is 6.04 Å². The first-order chi connectivity index (χ1) is 24.5. The van der Waals surface area contributed by atoms with Crippen molar-refractivity contribution < 1.29 is 9.59 Å². The van der Waals surface area contributed by atoms with Crippen molar-refractivity contribution in [1.29, 1.82) is 0 Å². The van der Waals surface area contributed by atoms with Gasteiger partial charge in [0.25, 0.3) is 0 Å². The smallest absolute Gasteiger partial charge is 0.243 e. The lowest BCUT2D eigenvalue weighted by molar-refractivity contribution is -0.141. The molecule has 0 aromatic rings. The summed E-state index contributed by atoms with van der Waals surface area (Å²) >= 11 is 0. The number of unbranched alkanes of at least 4 members (excludes halogenated alkanes) is 18. The second kappa shape index (κ2) is 31.2. The summed E-state index contributed by atoms with van der Waals surface area (Å²) in [6, 6.07) is -0.0632. The molecular weight excluding hydrogens is 617 g/mol. The lowest BCUT2D eigenvalue weighted by Crippen LogP contribution is -2.54. The van der Waals surface area contributed by atoms with Gasteiger partial charge >= 0.3 is 0 Å². The highest BCUT2D eigenvalue weighted by Crippen LogP contribution is 2.21. The molecule has 1 aliphatic heterocycles. The Hall–Kier alpha value is -1.40. The molecule has 6 heteroatoms. The number of hydrogen-bond acceptors (Lipinski definition) is 4. The Morgan fingerprint density at radius 3 is 1.74 bits per heavy atom. The van der Waals surface area contributed by atoms with E-state index in [1.807, 2.05) is 4.90 Å². The number of carbonyl (C=O) groups is 2. The molecule has 50 heavy (non-hydrogen) atoms. The molecule has 0 aromatic heterocycles. The molecule has 1 aliphatic carbocycles. The highest BCUT2D eigenvalue weighted by Gasteiger charge is 2.31. The Balaban J connectivity index is 1.92. The van der Waals surface area contributed by atoms with Crippen LogP contribution >= 0.6 is 0 Å². The van der Waals surface area contributed by atoms with Gasteiger partial charge in [-0.25, -0.2) is 0 Å². The Morgan fingerprint density at radius 2 is 1.16 bits per heavy atom. The molecule has 1 atom stereocenters. The van der Waals surface area contributed by atoms with Crippen LogP contribution in [0.5, 0.6) is 0 Å². The van der Waals surface area contributed by atoms with Crippen molar-refractivity contribution in [3.63, 3.8) is 0 Å². The van der Waals surface area contributed by atoms with Crippen LogP contribution in [0.2, 0.25) is 0 Å². The first-order valence-electron chi connectivity index (χ1n) is 22.2. The summed E-state index contributed by atoms with van der Waals surface area (Å²) in [6.45, 7) is 10.3. The minimum Gasteiger partial charge on any atom is -0.352 e. The van der Waals surface area contributed by atoms with Gasteiger partial charge in [0, 0.05) is 51.7 Å². The van der Waals surface area contributed by atoms with E-state index in [0.717, 1.165) is 77.7 Å². The van der Waals surface area contributed by atoms with E-state index in [2.05, 4.69) is 48.2 Å². The number of nitrogens with zero attached hydrogens (tertiary/aromatic N) is 3. The maximum Gasteiger partial charge on any atom is 0.243 e. The van der Waals surface area contributed by atoms with Crippen LogP contribution in [0, 0.1) is 0 Å². The Kier molecular flexibility index (Phi) is 27.9. The summed E-state index contributed by atoms with van der Waals surface area (Å²) in [5.41, 5.74) is 0. The molecular formula is C44H84N4O2. The van der Waals surface area contributed by atoms with Gasteiger partial charge in [0.15, 0.2) is 0 Å². The summed E-state index contributed by atoms with van der Waals surface area (Å²) < 4.78 is 0. The summed E-state index contributed by atoms with van der Waals surface area (Å²) in [7, 11) is 2.19. The first-order valence-corrected chi connectivity index (χ1v) is 22.2. The van der Waals surface area contributed by atoms with Gasteiger partial charge in [0.05, 0.1) is 0 Å². The molecule has 2 aliphatic rings. The van der Waals surface area contributed by atoms with Crippen LogP contribution in [-0.2, 0) is 9.59 Å². The van der Waals surface area contributed by atoms with Crippen LogP contribution in [0.25, 0.3) is 0 Å². The number of amides is 2. The third kappa shape index (κ3) is 22.5. The van der Waals surface area contributed by atoms with Gasteiger partial charge in [-0.1, -0.05) is 154 Å². The Morgan fingerprint density at radius 1 is 0.660 bits per heavy atom. The van der Waals surface area contributed by atoms with Crippen LogP contribution in [0.4, 0.5) is 0 Å². The number of carbonyl (C=O) groups excluding carboxylic acids is 2. The molecule has 2 amide bonds. The van der Waals surface area contributed by atoms with Crippen molar-refractivity contribution in [2.75, 3.05) is 46.3 Å². The molecule has 1 saturated carbocycles. The maximum atomic E-state index is 14.1. The van der Waals surface area contributed by atoms with Crippen LogP contribution in [0.15, 0.2) is 12.2 Å². The first kappa shape index (κ1) is 44.8. The zero-order chi connectivity index (χ0) is 35.9. The molecule has 2 fully saturated rings. The number of rotatable bonds is 30. The second-order valence-corrected chi connectivity index (χ2v) is 16.0. The number of piperazine rings is 1. The fourth-order valence-corrected chi connectivity index (χ4v) is 7.89. The number of hydrogen-bond donors (Lipinski definition) is 1. The van der Waals surface area contributed by atoms with Crippen molar-refractivity contribution in [2.45, 2.75) is 212 Å². The monoisotopic (exact) mass is 701 g/mol. The van der Waals surface area contributed by atoms with Gasteiger partial charge < -0.3 is 15.1 Å². The average Bonchev–Trinajstić information content (AvgIpc) is 3.39. The zero-order valence-electron chi connectivity index (χ0n) is 33.7. The number of allylic oxidation sites excluding steroid dienone is 2. The van der Waals surface area contributed by atoms with E-state index in [1.54, 1.807) is 0 Å². The van der Waals surface area contributed by atoms with Crippen molar-refractivity contribution in [2.24, 2.45) is 0 Å². The lowest BCUT2D eigenvalue weighted by atomic mass is 10.0. The normalized spacial score (nSPS) is 17.3. The second-order valence-electron chi connectivity index (χ2n) is 16.0. The summed E-state index contributed by atoms with van der Waals surface area (Å²) in [4.78, 5) is 35.1. The quantitative estimate of drug-likeness (QED) is 0.0460. The van der Waals surface area contributed by atoms with E-state index in [-0.39, 0.29) is 23.9 Å². The van der Waals surface area contributed by atoms with Gasteiger partial charge in [-0.15, -0.1) is 0 Å². The molecule has 0 bridgehead atoms. The van der Waals surface area contributed by atoms with E-state index >= 15 is 0 Å². The molecule has 0 spiro atoms. The Labute approximate surface area is 311 Å². The molecule has 1 heterocycles. The van der Waals surface area contributed by atoms with Crippen LogP contribution < -0.4 is 5.32 Å². The van der Waals surface area contributed by atoms with Gasteiger partial charge in [0.2, 0.25) is 11.8 Å². The van der Waals surface area contributed by atoms with Gasteiger partial charge in [-0.3, -0.25) is 14.5 Å². The van der Waals surface area contributed by atoms with Crippen LogP contribution in [-0.4, -0.2) is 84.9 Å². The number of likely N-dealkylation sites (N-methyl/N-ethyl adjacent to an activating group) is 1. The van der Waals surface area contributed by atoms with Crippen molar-refractivity contribution in [1.82, 2.24) is 20.0 Å². The minimum absolute atomic E-state index is 0.123. The van der Waals surface area contributed by atoms with E-state index < -0.39 is 0 Å². The molecule has 292 valence electrons. The SMILES string of the molecule is CCCCCC/C=C\CCCCCCCC(=O)N(CCN1CCN(C)CC1)C(CCCCCCCCCCCC)C(=O)NC1CCCCCC1. The summed E-state index contributed by atoms with van der Waals surface area (Å²) in [5.74, 6) is 0.330. The van der Waals surface area contributed by atoms with Crippen molar-refractivity contribution in [3.8, 4) is 0 Å². The molecule has 1 unspecified atom stereocenters. The lowest BCUT2D eigenvalue weighted by Gasteiger charge is -2.36. The minimum atomic E-state index is -0.332. The van der Waals surface area contributed by atoms with E-state index in [0.29, 0.717) is 13.0 Å². The predicted molar refractivity (Wildman–Crippen MR) is 216 cm³/mol. The highest BCUT2D eigenvalue weighted by molar-refractivity contribution is 5.87. The highest BCUT2D eigenvalue weighted by atomic mass is 16.2. The molecule has 1 N–H and O–H groups in total. The van der Waals surface area contributed by atoms with Crippen molar-refractivity contribution >= 4 is 11.8 Å². The average molecular weight is 701 g/mol. The molecule has 0 radical (unpaired) electrons. The van der Waals surface area contributed by atoms with Gasteiger partial charge in [-0.2, -0.15) is 0 Å². The fraction of sp³-hybridized carbons (Fsp3) is 0.909. The third-order valence-corrected chi connectivity index (χ3v) is 11.4. The largest absolute Gasteiger partial charge is 0.352 e. The zero-order valence-corrected chi connectivity index (χ0v) is 33.7. The predicted octanol–water partition coefficient (Wildman–Crippen LogP) is 10.8. The van der Waals surface area contributed by atoms with Gasteiger partial charge in [-0.05, 0) is 58.4 Å².